The zero-order chi connectivity index (χ0) is 22.8. The number of carbonyl (C=O) groups excluding carboxylic acids is 1. The normalized spacial score (nSPS) is 13.5. The number of nitrogens with zero attached hydrogens (tertiary/aromatic N) is 1. The van der Waals surface area contributed by atoms with Crippen molar-refractivity contribution in [2.75, 3.05) is 18.2 Å². The van der Waals surface area contributed by atoms with E-state index in [0.29, 0.717) is 17.1 Å². The standard InChI is InChI=1S/C22H24F2N4O3/c1-22(2,11-25)12-4-7-16(15(26)8-12)27-14-9-17(30-3)19(18(10-14)31-21(23)24)20(29)28-13-5-6-13/h4,7-10,13,21,27H,5-6,26H2,1-3H3,(H,28,29). The average molecular weight is 430 g/mol. The summed E-state index contributed by atoms with van der Waals surface area (Å²) in [5.74, 6) is -0.764. The lowest BCUT2D eigenvalue weighted by molar-refractivity contribution is -0.0502. The number of alkyl halides is 2. The summed E-state index contributed by atoms with van der Waals surface area (Å²) in [5, 5.41) is 15.1. The molecule has 1 aliphatic rings. The fraction of sp³-hybridized carbons (Fsp3) is 0.364. The molecular weight excluding hydrogens is 406 g/mol. The van der Waals surface area contributed by atoms with Crippen LogP contribution in [0, 0.1) is 11.3 Å². The highest BCUT2D eigenvalue weighted by Crippen LogP contribution is 2.37. The van der Waals surface area contributed by atoms with Crippen molar-refractivity contribution in [3.05, 3.63) is 41.5 Å². The molecule has 2 aromatic rings. The van der Waals surface area contributed by atoms with Gasteiger partial charge in [-0.2, -0.15) is 14.0 Å². The second-order valence-electron chi connectivity index (χ2n) is 7.84. The number of hydrogen-bond donors (Lipinski definition) is 3. The van der Waals surface area contributed by atoms with Crippen molar-refractivity contribution < 1.29 is 23.0 Å². The molecular formula is C22H24F2N4O3. The van der Waals surface area contributed by atoms with Crippen LogP contribution in [0.4, 0.5) is 25.8 Å². The molecule has 9 heteroatoms. The van der Waals surface area contributed by atoms with E-state index in [-0.39, 0.29) is 23.1 Å². The lowest BCUT2D eigenvalue weighted by Gasteiger charge is -2.19. The smallest absolute Gasteiger partial charge is 0.387 e. The Balaban J connectivity index is 1.96. The summed E-state index contributed by atoms with van der Waals surface area (Å²) in [5.41, 5.74) is 7.26. The number of halogens is 2. The van der Waals surface area contributed by atoms with Gasteiger partial charge in [0.05, 0.1) is 30.0 Å². The molecule has 7 nitrogen and oxygen atoms in total. The second-order valence-corrected chi connectivity index (χ2v) is 7.84. The van der Waals surface area contributed by atoms with Gasteiger partial charge in [0.25, 0.3) is 5.91 Å². The van der Waals surface area contributed by atoms with Crippen LogP contribution in [0.1, 0.15) is 42.6 Å². The number of nitriles is 1. The van der Waals surface area contributed by atoms with E-state index in [2.05, 4.69) is 21.4 Å². The van der Waals surface area contributed by atoms with Crippen LogP contribution in [0.2, 0.25) is 0 Å². The fourth-order valence-corrected chi connectivity index (χ4v) is 3.01. The number of ether oxygens (including phenoxy) is 2. The van der Waals surface area contributed by atoms with Crippen LogP contribution in [-0.4, -0.2) is 25.7 Å². The summed E-state index contributed by atoms with van der Waals surface area (Å²) in [4.78, 5) is 12.6. The van der Waals surface area contributed by atoms with E-state index in [1.54, 1.807) is 32.0 Å². The van der Waals surface area contributed by atoms with Gasteiger partial charge in [0.15, 0.2) is 0 Å². The van der Waals surface area contributed by atoms with E-state index in [1.165, 1.54) is 19.2 Å². The number of nitrogens with two attached hydrogens (primary N) is 1. The van der Waals surface area contributed by atoms with Crippen molar-refractivity contribution in [2.24, 2.45) is 0 Å². The predicted octanol–water partition coefficient (Wildman–Crippen LogP) is 4.32. The predicted molar refractivity (Wildman–Crippen MR) is 113 cm³/mol. The summed E-state index contributed by atoms with van der Waals surface area (Å²) >= 11 is 0. The van der Waals surface area contributed by atoms with Crippen LogP contribution in [0.5, 0.6) is 11.5 Å². The quantitative estimate of drug-likeness (QED) is 0.538. The molecule has 0 radical (unpaired) electrons. The maximum atomic E-state index is 13.0. The van der Waals surface area contributed by atoms with Crippen molar-refractivity contribution in [1.29, 1.82) is 5.26 Å². The first-order valence-electron chi connectivity index (χ1n) is 9.70. The van der Waals surface area contributed by atoms with Crippen LogP contribution in [0.3, 0.4) is 0 Å². The molecule has 2 aromatic carbocycles. The molecule has 0 spiro atoms. The van der Waals surface area contributed by atoms with E-state index in [9.17, 15) is 18.8 Å². The molecule has 0 unspecified atom stereocenters. The molecule has 4 N–H and O–H groups in total. The number of rotatable bonds is 8. The lowest BCUT2D eigenvalue weighted by Crippen LogP contribution is -2.26. The summed E-state index contributed by atoms with van der Waals surface area (Å²) in [6.45, 7) is 0.433. The van der Waals surface area contributed by atoms with Crippen molar-refractivity contribution in [3.63, 3.8) is 0 Å². The molecule has 0 saturated heterocycles. The highest BCUT2D eigenvalue weighted by molar-refractivity contribution is 6.01. The van der Waals surface area contributed by atoms with Crippen molar-refractivity contribution in [3.8, 4) is 17.6 Å². The molecule has 0 heterocycles. The molecule has 1 aliphatic carbocycles. The molecule has 1 saturated carbocycles. The minimum Gasteiger partial charge on any atom is -0.496 e. The van der Waals surface area contributed by atoms with Gasteiger partial charge in [-0.1, -0.05) is 6.07 Å². The van der Waals surface area contributed by atoms with E-state index in [4.69, 9.17) is 10.5 Å². The Labute approximate surface area is 179 Å². The largest absolute Gasteiger partial charge is 0.496 e. The van der Waals surface area contributed by atoms with Gasteiger partial charge in [0, 0.05) is 23.9 Å². The molecule has 31 heavy (non-hydrogen) atoms. The minimum atomic E-state index is -3.12. The third-order valence-corrected chi connectivity index (χ3v) is 4.97. The van der Waals surface area contributed by atoms with Crippen LogP contribution < -0.4 is 25.8 Å². The van der Waals surface area contributed by atoms with Crippen molar-refractivity contribution >= 4 is 23.0 Å². The molecule has 1 fully saturated rings. The van der Waals surface area contributed by atoms with E-state index >= 15 is 0 Å². The molecule has 0 aliphatic heterocycles. The Morgan fingerprint density at radius 2 is 1.94 bits per heavy atom. The molecule has 1 amide bonds. The van der Waals surface area contributed by atoms with Crippen LogP contribution in [-0.2, 0) is 5.41 Å². The van der Waals surface area contributed by atoms with Gasteiger partial charge in [0.1, 0.15) is 17.1 Å². The molecule has 3 rings (SSSR count). The Bertz CT molecular complexity index is 1030. The fourth-order valence-electron chi connectivity index (χ4n) is 3.01. The number of amides is 1. The Kier molecular flexibility index (Phi) is 6.20. The highest BCUT2D eigenvalue weighted by Gasteiger charge is 2.29. The SMILES string of the molecule is COc1cc(Nc2ccc(C(C)(C)C#N)cc2N)cc(OC(F)F)c1C(=O)NC1CC1. The van der Waals surface area contributed by atoms with E-state index < -0.39 is 17.9 Å². The number of hydrogen-bond acceptors (Lipinski definition) is 6. The monoisotopic (exact) mass is 430 g/mol. The first kappa shape index (κ1) is 22.2. The average Bonchev–Trinajstić information content (AvgIpc) is 3.52. The maximum absolute atomic E-state index is 13.0. The molecule has 0 aromatic heterocycles. The third-order valence-electron chi connectivity index (χ3n) is 4.97. The maximum Gasteiger partial charge on any atom is 0.387 e. The van der Waals surface area contributed by atoms with Gasteiger partial charge in [-0.15, -0.1) is 0 Å². The van der Waals surface area contributed by atoms with Crippen LogP contribution >= 0.6 is 0 Å². The van der Waals surface area contributed by atoms with Gasteiger partial charge < -0.3 is 25.8 Å². The number of nitrogens with one attached hydrogen (secondary N) is 2. The van der Waals surface area contributed by atoms with Crippen LogP contribution in [0.25, 0.3) is 0 Å². The van der Waals surface area contributed by atoms with Gasteiger partial charge >= 0.3 is 6.61 Å². The summed E-state index contributed by atoms with van der Waals surface area (Å²) in [6, 6.07) is 10.2. The van der Waals surface area contributed by atoms with E-state index in [0.717, 1.165) is 18.4 Å². The van der Waals surface area contributed by atoms with Crippen molar-refractivity contribution in [2.45, 2.75) is 44.8 Å². The zero-order valence-corrected chi connectivity index (χ0v) is 17.5. The molecule has 0 bridgehead atoms. The summed E-state index contributed by atoms with van der Waals surface area (Å²) in [6.07, 6.45) is 1.69. The van der Waals surface area contributed by atoms with Gasteiger partial charge in [-0.3, -0.25) is 4.79 Å². The summed E-state index contributed by atoms with van der Waals surface area (Å²) in [7, 11) is 1.34. The Morgan fingerprint density at radius 3 is 2.48 bits per heavy atom. The number of nitrogen functional groups attached to an aromatic ring is 1. The molecule has 164 valence electrons. The third kappa shape index (κ3) is 5.15. The van der Waals surface area contributed by atoms with Crippen LogP contribution in [0.15, 0.2) is 30.3 Å². The first-order chi connectivity index (χ1) is 14.6. The second kappa shape index (κ2) is 8.68. The number of anilines is 3. The number of carbonyl (C=O) groups is 1. The Morgan fingerprint density at radius 1 is 1.26 bits per heavy atom. The minimum absolute atomic E-state index is 0.0328. The topological polar surface area (TPSA) is 109 Å². The summed E-state index contributed by atoms with van der Waals surface area (Å²) < 4.78 is 36.0. The van der Waals surface area contributed by atoms with E-state index in [1.807, 2.05) is 0 Å². The Hall–Kier alpha value is -3.54. The molecule has 0 atom stereocenters. The van der Waals surface area contributed by atoms with Crippen molar-refractivity contribution in [1.82, 2.24) is 5.32 Å². The zero-order valence-electron chi connectivity index (χ0n) is 17.5. The number of methoxy groups -OCH3 is 1. The lowest BCUT2D eigenvalue weighted by atomic mass is 9.86. The number of benzene rings is 2. The van der Waals surface area contributed by atoms with Gasteiger partial charge in [-0.05, 0) is 44.4 Å². The highest BCUT2D eigenvalue weighted by atomic mass is 19.3. The van der Waals surface area contributed by atoms with Gasteiger partial charge in [0.2, 0.25) is 0 Å². The van der Waals surface area contributed by atoms with Gasteiger partial charge in [-0.25, -0.2) is 0 Å². The first-order valence-corrected chi connectivity index (χ1v) is 9.70.